The number of ether oxygens (including phenoxy) is 1. The van der Waals surface area contributed by atoms with Gasteiger partial charge in [0.05, 0.1) is 25.5 Å². The highest BCUT2D eigenvalue weighted by molar-refractivity contribution is 5.79. The summed E-state index contributed by atoms with van der Waals surface area (Å²) in [7, 11) is 0. The summed E-state index contributed by atoms with van der Waals surface area (Å²) in [5.74, 6) is 1.76. The third kappa shape index (κ3) is 6.31. The zero-order valence-corrected chi connectivity index (χ0v) is 18.5. The van der Waals surface area contributed by atoms with Crippen molar-refractivity contribution in [2.75, 3.05) is 32.8 Å². The van der Waals surface area contributed by atoms with E-state index in [1.165, 1.54) is 11.1 Å². The molecule has 1 fully saturated rings. The van der Waals surface area contributed by atoms with Crippen molar-refractivity contribution in [2.24, 2.45) is 4.99 Å². The first-order valence-electron chi connectivity index (χ1n) is 11.1. The van der Waals surface area contributed by atoms with Gasteiger partial charge in [-0.25, -0.2) is 4.99 Å². The van der Waals surface area contributed by atoms with E-state index in [-0.39, 0.29) is 0 Å². The van der Waals surface area contributed by atoms with Crippen LogP contribution in [-0.4, -0.2) is 48.9 Å². The van der Waals surface area contributed by atoms with Gasteiger partial charge >= 0.3 is 0 Å². The van der Waals surface area contributed by atoms with Gasteiger partial charge in [-0.05, 0) is 24.5 Å². The number of hydrogen-bond acceptors (Lipinski definition) is 5. The number of benzene rings is 1. The molecule has 0 atom stereocenters. The number of hydrogen-bond donors (Lipinski definition) is 2. The third-order valence-corrected chi connectivity index (χ3v) is 5.30. The third-order valence-electron chi connectivity index (χ3n) is 5.30. The summed E-state index contributed by atoms with van der Waals surface area (Å²) in [5.41, 5.74) is 4.71. The predicted octanol–water partition coefficient (Wildman–Crippen LogP) is 2.89. The molecule has 0 bridgehead atoms. The summed E-state index contributed by atoms with van der Waals surface area (Å²) < 4.78 is 10.9. The first kappa shape index (κ1) is 22.3. The van der Waals surface area contributed by atoms with Crippen LogP contribution >= 0.6 is 0 Å². The van der Waals surface area contributed by atoms with E-state index in [0.717, 1.165) is 75.2 Å². The summed E-state index contributed by atoms with van der Waals surface area (Å²) in [5, 5.41) is 11.0. The minimum atomic E-state index is 0.636. The molecule has 0 spiro atoms. The lowest BCUT2D eigenvalue weighted by atomic mass is 10.1. The summed E-state index contributed by atoms with van der Waals surface area (Å²) in [6.07, 6.45) is 1.71. The molecule has 0 unspecified atom stereocenters. The number of nitrogens with zero attached hydrogens (tertiary/aromatic N) is 3. The van der Waals surface area contributed by atoms with Gasteiger partial charge in [-0.15, -0.1) is 0 Å². The molecule has 1 aliphatic heterocycles. The molecular weight excluding hydrogens is 378 g/mol. The average Bonchev–Trinajstić information content (AvgIpc) is 3.18. The lowest BCUT2D eigenvalue weighted by Gasteiger charge is -2.26. The molecule has 7 nitrogen and oxygen atoms in total. The summed E-state index contributed by atoms with van der Waals surface area (Å²) in [6.45, 7) is 13.0. The Kier molecular flexibility index (Phi) is 8.71. The van der Waals surface area contributed by atoms with Gasteiger partial charge in [0.2, 0.25) is 0 Å². The molecule has 3 rings (SSSR count). The molecule has 7 heteroatoms. The van der Waals surface area contributed by atoms with Gasteiger partial charge < -0.3 is 19.9 Å². The molecule has 164 valence electrons. The standard InChI is InChI=1S/C23H35N5O2/c1-4-21-20(22(5-2)30-27-21)16-26-23(24-6-3)25-15-18-8-7-9-19(14-18)17-28-10-12-29-13-11-28/h7-9,14H,4-6,10-13,15-17H2,1-3H3,(H2,24,25,26). The van der Waals surface area contributed by atoms with Crippen molar-refractivity contribution in [3.63, 3.8) is 0 Å². The van der Waals surface area contributed by atoms with Crippen molar-refractivity contribution in [1.82, 2.24) is 20.7 Å². The smallest absolute Gasteiger partial charge is 0.191 e. The van der Waals surface area contributed by atoms with Crippen LogP contribution in [0.1, 0.15) is 48.9 Å². The van der Waals surface area contributed by atoms with Crippen LogP contribution in [0, 0.1) is 0 Å². The van der Waals surface area contributed by atoms with E-state index in [9.17, 15) is 0 Å². The Hall–Kier alpha value is -2.38. The summed E-state index contributed by atoms with van der Waals surface area (Å²) >= 11 is 0. The minimum absolute atomic E-state index is 0.636. The van der Waals surface area contributed by atoms with Gasteiger partial charge in [0.1, 0.15) is 5.76 Å². The van der Waals surface area contributed by atoms with Crippen molar-refractivity contribution in [3.05, 3.63) is 52.4 Å². The second-order valence-corrected chi connectivity index (χ2v) is 7.50. The highest BCUT2D eigenvalue weighted by Gasteiger charge is 2.14. The maximum atomic E-state index is 5.47. The maximum Gasteiger partial charge on any atom is 0.191 e. The molecule has 1 aliphatic rings. The molecule has 0 amide bonds. The Morgan fingerprint density at radius 3 is 2.63 bits per heavy atom. The van der Waals surface area contributed by atoms with Gasteiger partial charge in [-0.3, -0.25) is 4.90 Å². The Balaban J connectivity index is 1.61. The SMILES string of the molecule is CCNC(=NCc1cccc(CN2CCOCC2)c1)NCc1c(CC)noc1CC. The molecule has 0 radical (unpaired) electrons. The van der Waals surface area contributed by atoms with Crippen LogP contribution in [0.4, 0.5) is 0 Å². The normalized spacial score (nSPS) is 15.4. The highest BCUT2D eigenvalue weighted by Crippen LogP contribution is 2.15. The van der Waals surface area contributed by atoms with Crippen LogP contribution in [0.2, 0.25) is 0 Å². The average molecular weight is 414 g/mol. The topological polar surface area (TPSA) is 74.9 Å². The van der Waals surface area contributed by atoms with Crippen LogP contribution < -0.4 is 10.6 Å². The van der Waals surface area contributed by atoms with E-state index < -0.39 is 0 Å². The van der Waals surface area contributed by atoms with E-state index in [0.29, 0.717) is 13.1 Å². The lowest BCUT2D eigenvalue weighted by molar-refractivity contribution is 0.0342. The molecule has 2 heterocycles. The van der Waals surface area contributed by atoms with E-state index in [1.54, 1.807) is 0 Å². The zero-order valence-electron chi connectivity index (χ0n) is 18.5. The highest BCUT2D eigenvalue weighted by atomic mass is 16.5. The van der Waals surface area contributed by atoms with Crippen molar-refractivity contribution in [2.45, 2.75) is 53.2 Å². The van der Waals surface area contributed by atoms with Crippen molar-refractivity contribution < 1.29 is 9.26 Å². The molecule has 1 saturated heterocycles. The fourth-order valence-electron chi connectivity index (χ4n) is 3.67. The second-order valence-electron chi connectivity index (χ2n) is 7.50. The fraction of sp³-hybridized carbons (Fsp3) is 0.565. The van der Waals surface area contributed by atoms with E-state index in [2.05, 4.69) is 65.7 Å². The number of guanidine groups is 1. The van der Waals surface area contributed by atoms with Crippen LogP contribution in [0.3, 0.4) is 0 Å². The largest absolute Gasteiger partial charge is 0.379 e. The number of aliphatic imine (C=N–C) groups is 1. The Morgan fingerprint density at radius 1 is 1.10 bits per heavy atom. The molecular formula is C23H35N5O2. The van der Waals surface area contributed by atoms with E-state index in [1.807, 2.05) is 0 Å². The second kappa shape index (κ2) is 11.7. The van der Waals surface area contributed by atoms with Gasteiger partial charge in [0.25, 0.3) is 0 Å². The number of aryl methyl sites for hydroxylation is 2. The van der Waals surface area contributed by atoms with E-state index >= 15 is 0 Å². The molecule has 1 aromatic heterocycles. The quantitative estimate of drug-likeness (QED) is 0.486. The Labute approximate surface area is 179 Å². The number of morpholine rings is 1. The van der Waals surface area contributed by atoms with E-state index in [4.69, 9.17) is 14.3 Å². The molecule has 0 saturated carbocycles. The maximum absolute atomic E-state index is 5.47. The number of rotatable bonds is 9. The molecule has 30 heavy (non-hydrogen) atoms. The number of aromatic nitrogens is 1. The van der Waals surface area contributed by atoms with Gasteiger partial charge in [0.15, 0.2) is 5.96 Å². The fourth-order valence-corrected chi connectivity index (χ4v) is 3.67. The van der Waals surface area contributed by atoms with Crippen LogP contribution in [0.5, 0.6) is 0 Å². The monoisotopic (exact) mass is 413 g/mol. The molecule has 2 N–H and O–H groups in total. The van der Waals surface area contributed by atoms with Crippen molar-refractivity contribution in [1.29, 1.82) is 0 Å². The van der Waals surface area contributed by atoms with Gasteiger partial charge in [-0.1, -0.05) is 43.3 Å². The first-order chi connectivity index (χ1) is 14.7. The lowest BCUT2D eigenvalue weighted by Crippen LogP contribution is -2.37. The zero-order chi connectivity index (χ0) is 21.2. The molecule has 2 aromatic rings. The first-order valence-corrected chi connectivity index (χ1v) is 11.1. The summed E-state index contributed by atoms with van der Waals surface area (Å²) in [6, 6.07) is 8.71. The van der Waals surface area contributed by atoms with Gasteiger partial charge in [-0.2, -0.15) is 0 Å². The van der Waals surface area contributed by atoms with Crippen LogP contribution in [0.15, 0.2) is 33.8 Å². The molecule has 0 aliphatic carbocycles. The Morgan fingerprint density at radius 2 is 1.90 bits per heavy atom. The summed E-state index contributed by atoms with van der Waals surface area (Å²) in [4.78, 5) is 7.23. The van der Waals surface area contributed by atoms with Crippen molar-refractivity contribution >= 4 is 5.96 Å². The van der Waals surface area contributed by atoms with Crippen LogP contribution in [-0.2, 0) is 37.2 Å². The Bertz CT molecular complexity index is 790. The molecule has 1 aromatic carbocycles. The van der Waals surface area contributed by atoms with Crippen molar-refractivity contribution in [3.8, 4) is 0 Å². The van der Waals surface area contributed by atoms with Gasteiger partial charge in [0, 0.05) is 44.7 Å². The predicted molar refractivity (Wildman–Crippen MR) is 119 cm³/mol. The number of nitrogens with one attached hydrogen (secondary N) is 2. The minimum Gasteiger partial charge on any atom is -0.379 e. The van der Waals surface area contributed by atoms with Crippen LogP contribution in [0.25, 0.3) is 0 Å².